The minimum absolute atomic E-state index is 0. The van der Waals surface area contributed by atoms with Crippen molar-refractivity contribution in [2.24, 2.45) is 0 Å². The van der Waals surface area contributed by atoms with Crippen LogP contribution in [0.2, 0.25) is 5.02 Å². The molecule has 0 aromatic heterocycles. The van der Waals surface area contributed by atoms with Crippen molar-refractivity contribution in [1.82, 2.24) is 10.6 Å². The molecule has 6 nitrogen and oxygen atoms in total. The van der Waals surface area contributed by atoms with E-state index in [4.69, 9.17) is 11.6 Å². The number of nitro groups is 1. The third kappa shape index (κ3) is 5.29. The predicted molar refractivity (Wildman–Crippen MR) is 87.6 cm³/mol. The van der Waals surface area contributed by atoms with Gasteiger partial charge in [-0.2, -0.15) is 0 Å². The lowest BCUT2D eigenvalue weighted by Crippen LogP contribution is -2.30. The second kappa shape index (κ2) is 8.73. The van der Waals surface area contributed by atoms with Crippen LogP contribution in [0.5, 0.6) is 0 Å². The maximum absolute atomic E-state index is 11.9. The van der Waals surface area contributed by atoms with Crippen LogP contribution in [0, 0.1) is 10.1 Å². The average Bonchev–Trinajstić information content (AvgIpc) is 2.48. The monoisotopic (exact) mass is 345 g/mol. The number of amides is 1. The van der Waals surface area contributed by atoms with Gasteiger partial charge in [0.1, 0.15) is 0 Å². The molecule has 2 rings (SSSR count). The molecule has 0 spiro atoms. The largest absolute Gasteiger partial charge is 0.352 e. The van der Waals surface area contributed by atoms with Crippen molar-refractivity contribution in [2.45, 2.75) is 12.8 Å². The number of carbonyl (C=O) groups excluding carboxylic acids is 1. The summed E-state index contributed by atoms with van der Waals surface area (Å²) < 4.78 is 0. The lowest BCUT2D eigenvalue weighted by atomic mass is 10.1. The molecule has 1 aliphatic rings. The summed E-state index contributed by atoms with van der Waals surface area (Å²) in [6.07, 6.45) is 3.11. The van der Waals surface area contributed by atoms with Gasteiger partial charge in [-0.3, -0.25) is 14.9 Å². The predicted octanol–water partition coefficient (Wildman–Crippen LogP) is 2.25. The van der Waals surface area contributed by atoms with Crippen molar-refractivity contribution in [3.63, 3.8) is 0 Å². The van der Waals surface area contributed by atoms with Crippen LogP contribution in [0.3, 0.4) is 0 Å². The van der Waals surface area contributed by atoms with Gasteiger partial charge in [-0.25, -0.2) is 0 Å². The van der Waals surface area contributed by atoms with Gasteiger partial charge in [-0.05, 0) is 18.5 Å². The van der Waals surface area contributed by atoms with E-state index in [9.17, 15) is 14.9 Å². The fourth-order valence-corrected chi connectivity index (χ4v) is 2.31. The Morgan fingerprint density at radius 2 is 2.23 bits per heavy atom. The highest BCUT2D eigenvalue weighted by Gasteiger charge is 2.12. The Morgan fingerprint density at radius 1 is 1.45 bits per heavy atom. The van der Waals surface area contributed by atoms with E-state index in [1.807, 2.05) is 0 Å². The summed E-state index contributed by atoms with van der Waals surface area (Å²) in [5.74, 6) is -0.148. The van der Waals surface area contributed by atoms with Crippen molar-refractivity contribution in [3.8, 4) is 0 Å². The van der Waals surface area contributed by atoms with Gasteiger partial charge in [0, 0.05) is 25.2 Å². The van der Waals surface area contributed by atoms with E-state index in [-0.39, 0.29) is 35.4 Å². The molecule has 0 unspecified atom stereocenters. The topological polar surface area (TPSA) is 84.3 Å². The quantitative estimate of drug-likeness (QED) is 0.487. The molecule has 8 heteroatoms. The van der Waals surface area contributed by atoms with Crippen LogP contribution in [0.15, 0.2) is 29.8 Å². The number of nitrogens with one attached hydrogen (secondary N) is 2. The van der Waals surface area contributed by atoms with E-state index in [2.05, 4.69) is 16.7 Å². The van der Waals surface area contributed by atoms with Crippen LogP contribution in [0.25, 0.3) is 0 Å². The van der Waals surface area contributed by atoms with Crippen LogP contribution in [-0.2, 0) is 11.2 Å². The number of rotatable bonds is 5. The normalized spacial score (nSPS) is 13.8. The van der Waals surface area contributed by atoms with E-state index in [1.165, 1.54) is 23.8 Å². The lowest BCUT2D eigenvalue weighted by molar-refractivity contribution is -0.384. The maximum Gasteiger partial charge on any atom is 0.270 e. The maximum atomic E-state index is 11.9. The SMILES string of the molecule is Cl.O=C(Cc1ccc([N+](=O)[O-])cc1Cl)NCC1=CCNCC1. The number of halogens is 2. The first kappa shape index (κ1) is 18.4. The minimum Gasteiger partial charge on any atom is -0.352 e. The molecule has 1 aliphatic heterocycles. The standard InChI is InChI=1S/C14H16ClN3O3.ClH/c15-13-8-12(18(20)21)2-1-11(13)7-14(19)17-9-10-3-5-16-6-4-10;/h1-3,8,16H,4-7,9H2,(H,17,19);1H. The summed E-state index contributed by atoms with van der Waals surface area (Å²) in [5.41, 5.74) is 1.71. The summed E-state index contributed by atoms with van der Waals surface area (Å²) >= 11 is 5.96. The van der Waals surface area contributed by atoms with Crippen molar-refractivity contribution < 1.29 is 9.72 Å². The Labute approximate surface area is 139 Å². The average molecular weight is 346 g/mol. The number of hydrogen-bond acceptors (Lipinski definition) is 4. The number of carbonyl (C=O) groups is 1. The Morgan fingerprint density at radius 3 is 2.82 bits per heavy atom. The first-order valence-electron chi connectivity index (χ1n) is 6.64. The first-order chi connectivity index (χ1) is 10.1. The highest BCUT2D eigenvalue weighted by atomic mass is 35.5. The molecule has 22 heavy (non-hydrogen) atoms. The van der Waals surface area contributed by atoms with E-state index in [0.29, 0.717) is 12.1 Å². The number of nitrogens with zero attached hydrogens (tertiary/aromatic N) is 1. The second-order valence-corrected chi connectivity index (χ2v) is 5.21. The molecular weight excluding hydrogens is 329 g/mol. The zero-order valence-corrected chi connectivity index (χ0v) is 13.4. The van der Waals surface area contributed by atoms with Gasteiger partial charge in [0.15, 0.2) is 0 Å². The summed E-state index contributed by atoms with van der Waals surface area (Å²) in [7, 11) is 0. The molecule has 0 aliphatic carbocycles. The summed E-state index contributed by atoms with van der Waals surface area (Å²) in [6.45, 7) is 2.29. The molecule has 1 aromatic rings. The second-order valence-electron chi connectivity index (χ2n) is 4.80. The highest BCUT2D eigenvalue weighted by Crippen LogP contribution is 2.22. The van der Waals surface area contributed by atoms with Gasteiger partial charge in [-0.15, -0.1) is 12.4 Å². The molecule has 1 heterocycles. The Bertz CT molecular complexity index is 591. The summed E-state index contributed by atoms with van der Waals surface area (Å²) in [4.78, 5) is 22.0. The van der Waals surface area contributed by atoms with Crippen LogP contribution in [0.1, 0.15) is 12.0 Å². The molecule has 0 radical (unpaired) electrons. The Balaban J connectivity index is 0.00000242. The first-order valence-corrected chi connectivity index (χ1v) is 7.02. The van der Waals surface area contributed by atoms with Crippen molar-refractivity contribution in [3.05, 3.63) is 50.5 Å². The molecule has 1 aromatic carbocycles. The van der Waals surface area contributed by atoms with Crippen LogP contribution in [0.4, 0.5) is 5.69 Å². The summed E-state index contributed by atoms with van der Waals surface area (Å²) in [5, 5.41) is 16.9. The third-order valence-electron chi connectivity index (χ3n) is 3.27. The number of hydrogen-bond donors (Lipinski definition) is 2. The lowest BCUT2D eigenvalue weighted by Gasteiger charge is -2.14. The smallest absolute Gasteiger partial charge is 0.270 e. The van der Waals surface area contributed by atoms with Gasteiger partial charge >= 0.3 is 0 Å². The van der Waals surface area contributed by atoms with E-state index in [1.54, 1.807) is 0 Å². The van der Waals surface area contributed by atoms with E-state index < -0.39 is 4.92 Å². The zero-order chi connectivity index (χ0) is 15.2. The van der Waals surface area contributed by atoms with E-state index >= 15 is 0 Å². The van der Waals surface area contributed by atoms with Gasteiger partial charge in [0.25, 0.3) is 5.69 Å². The molecule has 0 fully saturated rings. The highest BCUT2D eigenvalue weighted by molar-refractivity contribution is 6.31. The minimum atomic E-state index is -0.515. The molecule has 1 amide bonds. The third-order valence-corrected chi connectivity index (χ3v) is 3.62. The molecule has 0 saturated carbocycles. The number of benzene rings is 1. The molecule has 0 atom stereocenters. The van der Waals surface area contributed by atoms with Gasteiger partial charge in [0.2, 0.25) is 5.91 Å². The van der Waals surface area contributed by atoms with Gasteiger partial charge < -0.3 is 10.6 Å². The number of nitro benzene ring substituents is 1. The molecule has 2 N–H and O–H groups in total. The molecular formula is C14H17Cl2N3O3. The molecule has 120 valence electrons. The summed E-state index contributed by atoms with van der Waals surface area (Å²) in [6, 6.07) is 4.13. The van der Waals surface area contributed by atoms with Crippen molar-refractivity contribution in [2.75, 3.05) is 19.6 Å². The Kier molecular flexibility index (Phi) is 7.31. The fourth-order valence-electron chi connectivity index (χ4n) is 2.07. The fraction of sp³-hybridized carbons (Fsp3) is 0.357. The van der Waals surface area contributed by atoms with Gasteiger partial charge in [-0.1, -0.05) is 29.3 Å². The number of non-ortho nitro benzene ring substituents is 1. The Hall–Kier alpha value is -1.63. The van der Waals surface area contributed by atoms with Crippen molar-refractivity contribution in [1.29, 1.82) is 0 Å². The molecule has 0 bridgehead atoms. The van der Waals surface area contributed by atoms with Gasteiger partial charge in [0.05, 0.1) is 16.4 Å². The zero-order valence-electron chi connectivity index (χ0n) is 11.8. The van der Waals surface area contributed by atoms with Crippen molar-refractivity contribution >= 4 is 35.6 Å². The van der Waals surface area contributed by atoms with Crippen LogP contribution >= 0.6 is 24.0 Å². The van der Waals surface area contributed by atoms with Crippen LogP contribution < -0.4 is 10.6 Å². The van der Waals surface area contributed by atoms with E-state index in [0.717, 1.165) is 19.5 Å². The van der Waals surface area contributed by atoms with Crippen LogP contribution in [-0.4, -0.2) is 30.5 Å². The molecule has 0 saturated heterocycles.